The number of benzene rings is 1. The van der Waals surface area contributed by atoms with Gasteiger partial charge in [0, 0.05) is 18.8 Å². The highest BCUT2D eigenvalue weighted by atomic mass is 32.1. The summed E-state index contributed by atoms with van der Waals surface area (Å²) < 4.78 is 3.92. The molecule has 0 aliphatic rings. The summed E-state index contributed by atoms with van der Waals surface area (Å²) in [4.78, 5) is 15.1. The minimum absolute atomic E-state index is 0.0146. The first kappa shape index (κ1) is 15.4. The molecule has 0 unspecified atom stereocenters. The molecule has 6 heteroatoms. The van der Waals surface area contributed by atoms with Gasteiger partial charge in [-0.1, -0.05) is 36.0 Å². The van der Waals surface area contributed by atoms with Gasteiger partial charge in [0.2, 0.25) is 0 Å². The van der Waals surface area contributed by atoms with E-state index in [9.17, 15) is 4.79 Å². The number of carbonyl (C=O) groups excluding carboxylic acids is 1. The summed E-state index contributed by atoms with van der Waals surface area (Å²) in [6.45, 7) is 5.16. The molecular formula is C15H20N4OS. The number of anilines is 1. The molecule has 0 atom stereocenters. The number of nitrogen functional groups attached to an aromatic ring is 1. The Balaban J connectivity index is 2.19. The predicted molar refractivity (Wildman–Crippen MR) is 85.2 cm³/mol. The number of aromatic nitrogens is 2. The van der Waals surface area contributed by atoms with Gasteiger partial charge in [0.15, 0.2) is 0 Å². The first-order chi connectivity index (χ1) is 10.2. The Morgan fingerprint density at radius 3 is 2.76 bits per heavy atom. The molecule has 0 saturated carbocycles. The van der Waals surface area contributed by atoms with Crippen molar-refractivity contribution in [2.45, 2.75) is 33.2 Å². The largest absolute Gasteiger partial charge is 0.398 e. The molecule has 0 aliphatic heterocycles. The van der Waals surface area contributed by atoms with Crippen LogP contribution in [0.5, 0.6) is 0 Å². The van der Waals surface area contributed by atoms with Gasteiger partial charge in [0.1, 0.15) is 4.88 Å². The summed E-state index contributed by atoms with van der Waals surface area (Å²) in [6, 6.07) is 7.62. The first-order valence-corrected chi connectivity index (χ1v) is 7.88. The minimum atomic E-state index is -0.0146. The van der Waals surface area contributed by atoms with Crippen LogP contribution in [0.4, 0.5) is 5.69 Å². The summed E-state index contributed by atoms with van der Waals surface area (Å²) in [5.41, 5.74) is 8.43. The van der Waals surface area contributed by atoms with Gasteiger partial charge in [-0.2, -0.15) is 0 Å². The van der Waals surface area contributed by atoms with Crippen molar-refractivity contribution in [2.75, 3.05) is 12.3 Å². The molecule has 1 heterocycles. The second-order valence-corrected chi connectivity index (χ2v) is 5.57. The Hall–Kier alpha value is -1.95. The fraction of sp³-hybridized carbons (Fsp3) is 0.400. The molecule has 2 N–H and O–H groups in total. The van der Waals surface area contributed by atoms with E-state index >= 15 is 0 Å². The lowest BCUT2D eigenvalue weighted by Gasteiger charge is -2.21. The Morgan fingerprint density at radius 2 is 2.10 bits per heavy atom. The van der Waals surface area contributed by atoms with E-state index < -0.39 is 0 Å². The van der Waals surface area contributed by atoms with Crippen LogP contribution in [-0.2, 0) is 13.0 Å². The maximum atomic E-state index is 12.7. The molecule has 0 bridgehead atoms. The van der Waals surface area contributed by atoms with Crippen LogP contribution >= 0.6 is 11.5 Å². The van der Waals surface area contributed by atoms with Gasteiger partial charge in [0.25, 0.3) is 5.91 Å². The average molecular weight is 304 g/mol. The zero-order chi connectivity index (χ0) is 15.2. The molecule has 1 aromatic carbocycles. The Labute approximate surface area is 128 Å². The van der Waals surface area contributed by atoms with Crippen molar-refractivity contribution in [1.29, 1.82) is 0 Å². The van der Waals surface area contributed by atoms with E-state index in [1.807, 2.05) is 31.2 Å². The lowest BCUT2D eigenvalue weighted by atomic mass is 10.1. The fourth-order valence-electron chi connectivity index (χ4n) is 2.13. The molecule has 1 amide bonds. The highest BCUT2D eigenvalue weighted by Gasteiger charge is 2.21. The van der Waals surface area contributed by atoms with Crippen LogP contribution in [0, 0.1) is 0 Å². The SMILES string of the molecule is CCCc1nnsc1C(=O)N(CC)Cc1ccccc1N. The van der Waals surface area contributed by atoms with Gasteiger partial charge in [-0.15, -0.1) is 5.10 Å². The Morgan fingerprint density at radius 1 is 1.33 bits per heavy atom. The number of para-hydroxylation sites is 1. The standard InChI is InChI=1S/C15H20N4OS/c1-3-7-13-14(21-18-17-13)15(20)19(4-2)10-11-8-5-6-9-12(11)16/h5-6,8-9H,3-4,7,10,16H2,1-2H3. The van der Waals surface area contributed by atoms with Gasteiger partial charge in [0.05, 0.1) is 5.69 Å². The van der Waals surface area contributed by atoms with Crippen LogP contribution in [0.3, 0.4) is 0 Å². The van der Waals surface area contributed by atoms with Crippen molar-refractivity contribution in [3.05, 3.63) is 40.4 Å². The Kier molecular flexibility index (Phi) is 5.27. The highest BCUT2D eigenvalue weighted by molar-refractivity contribution is 7.08. The van der Waals surface area contributed by atoms with Crippen molar-refractivity contribution in [3.8, 4) is 0 Å². The fourth-order valence-corrected chi connectivity index (χ4v) is 2.80. The van der Waals surface area contributed by atoms with Crippen LogP contribution in [0.25, 0.3) is 0 Å². The van der Waals surface area contributed by atoms with Crippen LogP contribution < -0.4 is 5.73 Å². The second-order valence-electron chi connectivity index (χ2n) is 4.82. The summed E-state index contributed by atoms with van der Waals surface area (Å²) in [5, 5.41) is 4.06. The molecule has 0 radical (unpaired) electrons. The lowest BCUT2D eigenvalue weighted by Crippen LogP contribution is -2.30. The van der Waals surface area contributed by atoms with Gasteiger partial charge in [-0.05, 0) is 36.5 Å². The van der Waals surface area contributed by atoms with Crippen LogP contribution in [0.1, 0.15) is 41.2 Å². The van der Waals surface area contributed by atoms with Crippen molar-refractivity contribution >= 4 is 23.1 Å². The molecule has 0 fully saturated rings. The van der Waals surface area contributed by atoms with E-state index in [0.29, 0.717) is 23.7 Å². The number of rotatable bonds is 6. The summed E-state index contributed by atoms with van der Waals surface area (Å²) in [6.07, 6.45) is 1.73. The van der Waals surface area contributed by atoms with Crippen LogP contribution in [0.15, 0.2) is 24.3 Å². The lowest BCUT2D eigenvalue weighted by molar-refractivity contribution is 0.0756. The molecular weight excluding hydrogens is 284 g/mol. The first-order valence-electron chi connectivity index (χ1n) is 7.11. The normalized spacial score (nSPS) is 10.6. The third-order valence-corrected chi connectivity index (χ3v) is 4.08. The van der Waals surface area contributed by atoms with E-state index in [-0.39, 0.29) is 5.91 Å². The number of nitrogens with two attached hydrogens (primary N) is 1. The zero-order valence-electron chi connectivity index (χ0n) is 12.4. The third-order valence-electron chi connectivity index (χ3n) is 3.32. The summed E-state index contributed by atoms with van der Waals surface area (Å²) >= 11 is 1.17. The maximum absolute atomic E-state index is 12.7. The third kappa shape index (κ3) is 3.58. The Bertz CT molecular complexity index is 611. The van der Waals surface area contributed by atoms with Crippen molar-refractivity contribution in [3.63, 3.8) is 0 Å². The molecule has 0 saturated heterocycles. The number of amides is 1. The van der Waals surface area contributed by atoms with Crippen LogP contribution in [0.2, 0.25) is 0 Å². The number of nitrogens with zero attached hydrogens (tertiary/aromatic N) is 3. The quantitative estimate of drug-likeness (QED) is 0.833. The van der Waals surface area contributed by atoms with Gasteiger partial charge < -0.3 is 10.6 Å². The minimum Gasteiger partial charge on any atom is -0.398 e. The number of hydrogen-bond donors (Lipinski definition) is 1. The summed E-state index contributed by atoms with van der Waals surface area (Å²) in [7, 11) is 0. The second kappa shape index (κ2) is 7.17. The van der Waals surface area contributed by atoms with Gasteiger partial charge in [-0.3, -0.25) is 4.79 Å². The molecule has 5 nitrogen and oxygen atoms in total. The average Bonchev–Trinajstić information content (AvgIpc) is 2.94. The number of aryl methyl sites for hydroxylation is 1. The van der Waals surface area contributed by atoms with Gasteiger partial charge in [-0.25, -0.2) is 0 Å². The van der Waals surface area contributed by atoms with E-state index in [1.54, 1.807) is 4.90 Å². The molecule has 2 rings (SSSR count). The monoisotopic (exact) mass is 304 g/mol. The predicted octanol–water partition coefficient (Wildman–Crippen LogP) is 2.74. The van der Waals surface area contributed by atoms with Crippen molar-refractivity contribution in [1.82, 2.24) is 14.5 Å². The molecule has 2 aromatic rings. The number of hydrogen-bond acceptors (Lipinski definition) is 5. The van der Waals surface area contributed by atoms with E-state index in [1.165, 1.54) is 11.5 Å². The molecule has 112 valence electrons. The van der Waals surface area contributed by atoms with E-state index in [0.717, 1.165) is 24.1 Å². The number of carbonyl (C=O) groups is 1. The van der Waals surface area contributed by atoms with Crippen LogP contribution in [-0.4, -0.2) is 26.9 Å². The molecule has 1 aromatic heterocycles. The molecule has 0 aliphatic carbocycles. The summed E-state index contributed by atoms with van der Waals surface area (Å²) in [5.74, 6) is -0.0146. The van der Waals surface area contributed by atoms with Crippen molar-refractivity contribution in [2.24, 2.45) is 0 Å². The highest BCUT2D eigenvalue weighted by Crippen LogP contribution is 2.19. The van der Waals surface area contributed by atoms with E-state index in [2.05, 4.69) is 16.5 Å². The zero-order valence-corrected chi connectivity index (χ0v) is 13.2. The smallest absolute Gasteiger partial charge is 0.267 e. The topological polar surface area (TPSA) is 72.1 Å². The maximum Gasteiger partial charge on any atom is 0.267 e. The van der Waals surface area contributed by atoms with E-state index in [4.69, 9.17) is 5.73 Å². The van der Waals surface area contributed by atoms with Crippen molar-refractivity contribution < 1.29 is 4.79 Å². The molecule has 21 heavy (non-hydrogen) atoms. The van der Waals surface area contributed by atoms with Gasteiger partial charge >= 0.3 is 0 Å². The molecule has 0 spiro atoms.